The molecule has 3 heterocycles. The number of alkyl halides is 4. The highest BCUT2D eigenvalue weighted by atomic mass is 32.2. The molecule has 2 aromatic heterocycles. The molecule has 9 rings (SSSR count). The molecule has 0 atom stereocenters. The third-order valence-electron chi connectivity index (χ3n) is 10.7. The summed E-state index contributed by atoms with van der Waals surface area (Å²) in [6.45, 7) is -4.34. The number of aromatic carboxylic acids is 1. The normalized spacial score (nSPS) is 13.9. The Bertz CT molecular complexity index is 3450. The van der Waals surface area contributed by atoms with E-state index in [-0.39, 0.29) is 63.2 Å². The van der Waals surface area contributed by atoms with Crippen LogP contribution in [-0.2, 0) is 9.84 Å². The van der Waals surface area contributed by atoms with Crippen molar-refractivity contribution in [3.63, 3.8) is 0 Å². The number of carbonyl (C=O) groups excluding carboxylic acids is 1. The van der Waals surface area contributed by atoms with Crippen molar-refractivity contribution >= 4 is 43.7 Å². The Kier molecular flexibility index (Phi) is 12.2. The maximum absolute atomic E-state index is 13.6. The molecule has 0 unspecified atom stereocenters. The van der Waals surface area contributed by atoms with Crippen molar-refractivity contribution in [2.75, 3.05) is 11.5 Å². The largest absolute Gasteiger partial charge is 0.478 e. The Hall–Kier alpha value is -7.87. The van der Waals surface area contributed by atoms with Gasteiger partial charge >= 0.3 is 30.6 Å². The number of imidazole rings is 2. The Morgan fingerprint density at radius 3 is 1.39 bits per heavy atom. The number of hydrogen-bond donors (Lipinski definition) is 1. The van der Waals surface area contributed by atoms with Crippen molar-refractivity contribution in [2.24, 2.45) is 5.41 Å². The van der Waals surface area contributed by atoms with Gasteiger partial charge in [-0.3, -0.25) is 23.1 Å². The van der Waals surface area contributed by atoms with Crippen LogP contribution in [0.5, 0.6) is 11.5 Å². The number of aromatic nitrogens is 4. The molecule has 6 aromatic carbocycles. The Morgan fingerprint density at radius 1 is 0.582 bits per heavy atom. The zero-order valence-electron chi connectivity index (χ0n) is 34.7. The number of fused-ring (bicyclic) bond motifs is 2. The minimum absolute atomic E-state index is 0.0201. The number of nitrogens with zero attached hydrogens (tertiary/aromatic N) is 4. The minimum atomic E-state index is -3.13. The lowest BCUT2D eigenvalue weighted by molar-refractivity contribution is -0.0505. The summed E-state index contributed by atoms with van der Waals surface area (Å²) in [6, 6.07) is 30.2. The maximum atomic E-state index is 13.6. The zero-order chi connectivity index (χ0) is 47.9. The molecule has 1 N–H and O–H groups in total. The smallest absolute Gasteiger partial charge is 0.387 e. The van der Waals surface area contributed by atoms with E-state index in [4.69, 9.17) is 0 Å². The molecule has 1 aliphatic heterocycles. The topological polar surface area (TPSA) is 161 Å². The fraction of sp³-hybridized carbons (Fsp3) is 0.149. The van der Waals surface area contributed by atoms with Gasteiger partial charge in [0.25, 0.3) is 0 Å². The van der Waals surface area contributed by atoms with E-state index in [9.17, 15) is 59.0 Å². The summed E-state index contributed by atoms with van der Waals surface area (Å²) >= 11 is 0. The average Bonchev–Trinajstić information content (AvgIpc) is 3.72. The van der Waals surface area contributed by atoms with Crippen LogP contribution in [0, 0.1) is 17.0 Å². The summed E-state index contributed by atoms with van der Waals surface area (Å²) < 4.78 is 115. The van der Waals surface area contributed by atoms with E-state index < -0.39 is 57.5 Å². The first kappa shape index (κ1) is 45.7. The molecular weight excluding hydrogens is 911 g/mol. The number of ether oxygens (including phenoxy) is 2. The zero-order valence-corrected chi connectivity index (χ0v) is 35.5. The highest BCUT2D eigenvalue weighted by Gasteiger charge is 2.45. The molecule has 344 valence electrons. The van der Waals surface area contributed by atoms with Gasteiger partial charge in [-0.25, -0.2) is 31.6 Å². The first-order valence-corrected chi connectivity index (χ1v) is 21.8. The quantitative estimate of drug-likeness (QED) is 0.0933. The second kappa shape index (κ2) is 17.8. The predicted octanol–water partition coefficient (Wildman–Crippen LogP) is 8.75. The Balaban J connectivity index is 0.000000186. The molecule has 1 aliphatic rings. The number of carboxylic acid groups (broad SMARTS) is 1. The SMILES string of the molecule is CC1(CC(=O)c2ccc3c(c2)n(-c2ccc(F)cc2)c(=O)n3-c2cccc(OC(F)F)c2)CS(=O)(=O)C1.O=C(O)c1ccc2c(c1)n(-c1ccc(F)cc1)c(=O)n2-c1cccc(OC(F)F)c1. The molecule has 0 aliphatic carbocycles. The third-order valence-corrected chi connectivity index (χ3v) is 13.0. The van der Waals surface area contributed by atoms with Crippen molar-refractivity contribution in [3.05, 3.63) is 177 Å². The second-order valence-corrected chi connectivity index (χ2v) is 17.8. The summed E-state index contributed by atoms with van der Waals surface area (Å²) in [5.41, 5.74) is 0.842. The number of sulfone groups is 1. The second-order valence-electron chi connectivity index (χ2n) is 15.8. The van der Waals surface area contributed by atoms with Crippen LogP contribution in [0.1, 0.15) is 34.1 Å². The Morgan fingerprint density at radius 2 is 0.985 bits per heavy atom. The number of halogens is 6. The molecule has 0 saturated carbocycles. The lowest BCUT2D eigenvalue weighted by Gasteiger charge is -2.37. The summed E-state index contributed by atoms with van der Waals surface area (Å²) in [7, 11) is -3.13. The fourth-order valence-electron chi connectivity index (χ4n) is 8.09. The number of rotatable bonds is 12. The maximum Gasteiger partial charge on any atom is 0.387 e. The van der Waals surface area contributed by atoms with Gasteiger partial charge in [0.2, 0.25) is 0 Å². The van der Waals surface area contributed by atoms with Gasteiger partial charge in [-0.05, 0) is 109 Å². The van der Waals surface area contributed by atoms with E-state index >= 15 is 0 Å². The minimum Gasteiger partial charge on any atom is -0.478 e. The van der Waals surface area contributed by atoms with Crippen LogP contribution in [0.15, 0.2) is 143 Å². The number of ketones is 1. The Labute approximate surface area is 374 Å². The highest BCUT2D eigenvalue weighted by molar-refractivity contribution is 7.92. The summed E-state index contributed by atoms with van der Waals surface area (Å²) in [4.78, 5) is 51.4. The summed E-state index contributed by atoms with van der Waals surface area (Å²) in [5, 5.41) is 9.32. The van der Waals surface area contributed by atoms with E-state index in [0.29, 0.717) is 27.9 Å². The summed E-state index contributed by atoms with van der Waals surface area (Å²) in [5.74, 6) is -2.89. The molecular formula is C47H34F6N4O9S. The molecule has 1 fully saturated rings. The lowest BCUT2D eigenvalue weighted by atomic mass is 9.86. The van der Waals surface area contributed by atoms with Crippen molar-refractivity contribution in [1.29, 1.82) is 0 Å². The monoisotopic (exact) mass is 944 g/mol. The molecule has 0 spiro atoms. The van der Waals surface area contributed by atoms with E-state index in [1.807, 2.05) is 0 Å². The van der Waals surface area contributed by atoms with Crippen LogP contribution in [-0.4, -0.2) is 68.3 Å². The van der Waals surface area contributed by atoms with E-state index in [1.54, 1.807) is 19.1 Å². The molecule has 8 aromatic rings. The van der Waals surface area contributed by atoms with Gasteiger partial charge in [0.05, 0.1) is 61.9 Å². The van der Waals surface area contributed by atoms with Crippen LogP contribution >= 0.6 is 0 Å². The molecule has 13 nitrogen and oxygen atoms in total. The first-order valence-electron chi connectivity index (χ1n) is 19.9. The number of Topliss-reactive ketones (excluding diaryl/α,β-unsaturated/α-hetero) is 1. The standard InChI is InChI=1S/C26H21F3N2O5S.C21H13F3N2O4/c1-26(14-37(34,35)15-26)13-23(32)16-5-10-21-22(11-16)30(18-8-6-17(27)7-9-18)25(33)31(21)19-3-2-4-20(12-19)36-24(28)29;22-13-5-7-14(8-6-13)25-18-10-12(19(27)28)4-9-17(18)26(21(25)29)15-2-1-3-16(11-15)30-20(23)24/h2-12,24H,13-15H2,1H3;1-11,20H,(H,27,28). The van der Waals surface area contributed by atoms with Crippen LogP contribution in [0.2, 0.25) is 0 Å². The average molecular weight is 945 g/mol. The predicted molar refractivity (Wildman–Crippen MR) is 234 cm³/mol. The van der Waals surface area contributed by atoms with Crippen molar-refractivity contribution in [1.82, 2.24) is 18.3 Å². The van der Waals surface area contributed by atoms with Gasteiger partial charge in [-0.2, -0.15) is 17.6 Å². The van der Waals surface area contributed by atoms with Crippen LogP contribution in [0.4, 0.5) is 26.3 Å². The van der Waals surface area contributed by atoms with Gasteiger partial charge in [-0.15, -0.1) is 0 Å². The molecule has 20 heteroatoms. The van der Waals surface area contributed by atoms with Gasteiger partial charge < -0.3 is 14.6 Å². The molecule has 0 bridgehead atoms. The van der Waals surface area contributed by atoms with Gasteiger partial charge in [0.15, 0.2) is 15.6 Å². The van der Waals surface area contributed by atoms with E-state index in [1.165, 1.54) is 140 Å². The number of benzene rings is 6. The van der Waals surface area contributed by atoms with Crippen LogP contribution < -0.4 is 20.9 Å². The van der Waals surface area contributed by atoms with Crippen LogP contribution in [0.25, 0.3) is 44.8 Å². The van der Waals surface area contributed by atoms with Crippen LogP contribution in [0.3, 0.4) is 0 Å². The fourth-order valence-corrected chi connectivity index (χ4v) is 10.3. The number of carboxylic acids is 1. The van der Waals surface area contributed by atoms with Gasteiger partial charge in [0, 0.05) is 29.5 Å². The molecule has 1 saturated heterocycles. The van der Waals surface area contributed by atoms with E-state index in [2.05, 4.69) is 9.47 Å². The number of hydrogen-bond acceptors (Lipinski definition) is 8. The highest BCUT2D eigenvalue weighted by Crippen LogP contribution is 2.37. The molecule has 0 radical (unpaired) electrons. The lowest BCUT2D eigenvalue weighted by Crippen LogP contribution is -2.47. The van der Waals surface area contributed by atoms with Crippen molar-refractivity contribution < 1.29 is 58.9 Å². The van der Waals surface area contributed by atoms with Crippen molar-refractivity contribution in [2.45, 2.75) is 26.6 Å². The molecule has 67 heavy (non-hydrogen) atoms. The molecule has 0 amide bonds. The third kappa shape index (κ3) is 9.46. The van der Waals surface area contributed by atoms with E-state index in [0.717, 1.165) is 0 Å². The van der Waals surface area contributed by atoms with Gasteiger partial charge in [-0.1, -0.05) is 19.1 Å². The first-order chi connectivity index (χ1) is 31.8. The summed E-state index contributed by atoms with van der Waals surface area (Å²) in [6.07, 6.45) is 0.0201. The van der Waals surface area contributed by atoms with Gasteiger partial charge in [0.1, 0.15) is 23.1 Å². The number of carbonyl (C=O) groups is 2. The van der Waals surface area contributed by atoms with Crippen molar-refractivity contribution in [3.8, 4) is 34.2 Å².